The number of rotatable bonds is 46. The lowest BCUT2D eigenvalue weighted by Crippen LogP contribution is -2.36. The molecule has 1 fully saturated rings. The minimum absolute atomic E-state index is 0.0248. The number of amides is 1. The highest BCUT2D eigenvalue weighted by molar-refractivity contribution is 5.71. The molecular formula is C57H100N2O8. The minimum atomic E-state index is -0.920. The quantitative estimate of drug-likeness (QED) is 0.0275. The van der Waals surface area contributed by atoms with Crippen LogP contribution in [-0.4, -0.2) is 80.5 Å². The Morgan fingerprint density at radius 2 is 0.896 bits per heavy atom. The first-order chi connectivity index (χ1) is 32.9. The summed E-state index contributed by atoms with van der Waals surface area (Å²) < 4.78 is 22.7. The summed E-state index contributed by atoms with van der Waals surface area (Å²) in [5.74, 6) is -1.21. The molecule has 10 nitrogen and oxygen atoms in total. The average Bonchev–Trinajstić information content (AvgIpc) is 3.85. The van der Waals surface area contributed by atoms with Crippen LogP contribution in [0.5, 0.6) is 0 Å². The SMILES string of the molecule is CCCCC/C=C\C/C=C\CCCCCCCC(=O)OCC(COC(=O)CCCCCCC/C=C\C/C=C\CCCCC)OC(=O)CCC(CCCCCCC)OC(=O)NCCN1CCCC1. The van der Waals surface area contributed by atoms with Crippen LogP contribution in [-0.2, 0) is 33.3 Å². The average molecular weight is 941 g/mol. The van der Waals surface area contributed by atoms with Gasteiger partial charge in [-0.25, -0.2) is 4.79 Å². The highest BCUT2D eigenvalue weighted by Gasteiger charge is 2.22. The van der Waals surface area contributed by atoms with Gasteiger partial charge in [0.1, 0.15) is 19.3 Å². The van der Waals surface area contributed by atoms with Gasteiger partial charge >= 0.3 is 24.0 Å². The summed E-state index contributed by atoms with van der Waals surface area (Å²) in [4.78, 5) is 53.9. The third kappa shape index (κ3) is 42.4. The number of nitrogens with one attached hydrogen (secondary N) is 1. The lowest BCUT2D eigenvalue weighted by Gasteiger charge is -2.21. The molecular weight excluding hydrogens is 841 g/mol. The second-order valence-corrected chi connectivity index (χ2v) is 18.7. The van der Waals surface area contributed by atoms with Crippen molar-refractivity contribution in [2.75, 3.05) is 39.4 Å². The molecule has 1 atom stereocenters. The summed E-state index contributed by atoms with van der Waals surface area (Å²) in [6.07, 6.45) is 49.8. The fourth-order valence-corrected chi connectivity index (χ4v) is 8.07. The topological polar surface area (TPSA) is 120 Å². The number of carbonyl (C=O) groups excluding carboxylic acids is 4. The molecule has 386 valence electrons. The van der Waals surface area contributed by atoms with Gasteiger partial charge in [-0.05, 0) is 122 Å². The van der Waals surface area contributed by atoms with Crippen molar-refractivity contribution in [3.05, 3.63) is 48.6 Å². The highest BCUT2D eigenvalue weighted by atomic mass is 16.6. The Labute approximate surface area is 410 Å². The van der Waals surface area contributed by atoms with Crippen LogP contribution in [0.15, 0.2) is 48.6 Å². The van der Waals surface area contributed by atoms with Crippen molar-refractivity contribution in [2.45, 2.75) is 251 Å². The summed E-state index contributed by atoms with van der Waals surface area (Å²) in [5.41, 5.74) is 0. The monoisotopic (exact) mass is 941 g/mol. The van der Waals surface area contributed by atoms with Crippen LogP contribution < -0.4 is 5.32 Å². The van der Waals surface area contributed by atoms with E-state index in [1.807, 2.05) is 0 Å². The van der Waals surface area contributed by atoms with Gasteiger partial charge < -0.3 is 29.2 Å². The zero-order chi connectivity index (χ0) is 48.5. The molecule has 0 saturated carbocycles. The second-order valence-electron chi connectivity index (χ2n) is 18.7. The van der Waals surface area contributed by atoms with Crippen LogP contribution in [0.25, 0.3) is 0 Å². The van der Waals surface area contributed by atoms with Gasteiger partial charge in [0.2, 0.25) is 0 Å². The van der Waals surface area contributed by atoms with Crippen LogP contribution in [0.4, 0.5) is 4.79 Å². The smallest absolute Gasteiger partial charge is 0.407 e. The van der Waals surface area contributed by atoms with Crippen molar-refractivity contribution in [1.29, 1.82) is 0 Å². The van der Waals surface area contributed by atoms with E-state index in [-0.39, 0.29) is 44.4 Å². The van der Waals surface area contributed by atoms with Crippen molar-refractivity contribution < 1.29 is 38.1 Å². The maximum absolute atomic E-state index is 13.2. The Kier molecular flexibility index (Phi) is 43.8. The molecule has 1 N–H and O–H groups in total. The van der Waals surface area contributed by atoms with Gasteiger partial charge in [-0.1, -0.05) is 159 Å². The van der Waals surface area contributed by atoms with Crippen molar-refractivity contribution in [3.8, 4) is 0 Å². The van der Waals surface area contributed by atoms with E-state index in [9.17, 15) is 19.2 Å². The summed E-state index contributed by atoms with van der Waals surface area (Å²) in [6.45, 7) is 9.72. The molecule has 1 rings (SSSR count). The number of allylic oxidation sites excluding steroid dienone is 8. The van der Waals surface area contributed by atoms with Crippen LogP contribution in [0.1, 0.15) is 239 Å². The van der Waals surface area contributed by atoms with Gasteiger partial charge in [0.25, 0.3) is 0 Å². The van der Waals surface area contributed by atoms with Gasteiger partial charge in [-0.2, -0.15) is 0 Å². The summed E-state index contributed by atoms with van der Waals surface area (Å²) in [5, 5.41) is 2.89. The molecule has 0 aliphatic carbocycles. The number of hydrogen-bond acceptors (Lipinski definition) is 9. The zero-order valence-corrected chi connectivity index (χ0v) is 43.3. The molecule has 10 heteroatoms. The molecule has 0 bridgehead atoms. The predicted octanol–water partition coefficient (Wildman–Crippen LogP) is 14.9. The fourth-order valence-electron chi connectivity index (χ4n) is 8.07. The number of alkyl carbamates (subject to hydrolysis) is 1. The Morgan fingerprint density at radius 3 is 1.40 bits per heavy atom. The largest absolute Gasteiger partial charge is 0.462 e. The fraction of sp³-hybridized carbons (Fsp3) is 0.789. The molecule has 0 spiro atoms. The standard InChI is InChI=1S/C57H100N2O8/c1-4-7-10-13-15-17-19-21-23-25-27-29-31-34-37-42-54(60)64-50-53(51-65-55(61)43-38-35-32-30-28-26-24-22-20-18-16-14-11-8-5-2)66-56(62)45-44-52(41-36-33-12-9-6-3)67-57(63)58-46-49-59-47-39-40-48-59/h15-18,21-24,52-53H,4-14,19-20,25-51H2,1-3H3,(H,58,63)/b17-15-,18-16-,23-21-,24-22-. The number of carbonyl (C=O) groups is 4. The second kappa shape index (κ2) is 47.7. The van der Waals surface area contributed by atoms with Crippen LogP contribution in [0.3, 0.4) is 0 Å². The summed E-state index contributed by atoms with van der Waals surface area (Å²) >= 11 is 0. The molecule has 67 heavy (non-hydrogen) atoms. The highest BCUT2D eigenvalue weighted by Crippen LogP contribution is 2.17. The number of hydrogen-bond donors (Lipinski definition) is 1. The molecule has 1 amide bonds. The van der Waals surface area contributed by atoms with E-state index < -0.39 is 24.3 Å². The number of ether oxygens (including phenoxy) is 4. The maximum Gasteiger partial charge on any atom is 0.407 e. The first kappa shape index (κ1) is 61.6. The molecule has 0 aromatic carbocycles. The Morgan fingerprint density at radius 1 is 0.463 bits per heavy atom. The lowest BCUT2D eigenvalue weighted by molar-refractivity contribution is -0.167. The zero-order valence-electron chi connectivity index (χ0n) is 43.3. The number of nitrogens with zero attached hydrogens (tertiary/aromatic N) is 1. The van der Waals surface area contributed by atoms with E-state index >= 15 is 0 Å². The Balaban J connectivity index is 2.56. The van der Waals surface area contributed by atoms with E-state index in [0.717, 1.165) is 142 Å². The third-order valence-corrected chi connectivity index (χ3v) is 12.3. The molecule has 1 aliphatic rings. The summed E-state index contributed by atoms with van der Waals surface area (Å²) in [7, 11) is 0. The van der Waals surface area contributed by atoms with Gasteiger partial charge in [0.15, 0.2) is 6.10 Å². The van der Waals surface area contributed by atoms with E-state index in [2.05, 4.69) is 79.6 Å². The first-order valence-corrected chi connectivity index (χ1v) is 27.6. The lowest BCUT2D eigenvalue weighted by atomic mass is 10.0. The third-order valence-electron chi connectivity index (χ3n) is 12.3. The molecule has 1 saturated heterocycles. The predicted molar refractivity (Wildman–Crippen MR) is 277 cm³/mol. The number of likely N-dealkylation sites (tertiary alicyclic amines) is 1. The Hall–Kier alpha value is -3.40. The van der Waals surface area contributed by atoms with E-state index in [0.29, 0.717) is 19.4 Å². The molecule has 1 aliphatic heterocycles. The van der Waals surface area contributed by atoms with Crippen molar-refractivity contribution >= 4 is 24.0 Å². The molecule has 0 aromatic rings. The van der Waals surface area contributed by atoms with E-state index in [1.54, 1.807) is 0 Å². The minimum Gasteiger partial charge on any atom is -0.462 e. The van der Waals surface area contributed by atoms with Crippen molar-refractivity contribution in [3.63, 3.8) is 0 Å². The van der Waals surface area contributed by atoms with Gasteiger partial charge in [0.05, 0.1) is 0 Å². The molecule has 1 unspecified atom stereocenters. The van der Waals surface area contributed by atoms with Crippen LogP contribution in [0.2, 0.25) is 0 Å². The van der Waals surface area contributed by atoms with Crippen LogP contribution >= 0.6 is 0 Å². The van der Waals surface area contributed by atoms with Gasteiger partial charge in [0, 0.05) is 32.4 Å². The Bertz CT molecular complexity index is 1240. The maximum atomic E-state index is 13.2. The van der Waals surface area contributed by atoms with Gasteiger partial charge in [-0.3, -0.25) is 14.4 Å². The van der Waals surface area contributed by atoms with Crippen LogP contribution in [0, 0.1) is 0 Å². The van der Waals surface area contributed by atoms with Crippen molar-refractivity contribution in [1.82, 2.24) is 10.2 Å². The van der Waals surface area contributed by atoms with Gasteiger partial charge in [-0.15, -0.1) is 0 Å². The molecule has 1 heterocycles. The van der Waals surface area contributed by atoms with E-state index in [1.165, 1.54) is 64.2 Å². The normalized spacial score (nSPS) is 13.7. The number of esters is 3. The summed E-state index contributed by atoms with van der Waals surface area (Å²) in [6, 6.07) is 0. The molecule has 0 radical (unpaired) electrons. The number of unbranched alkanes of at least 4 members (excludes halogenated alkanes) is 20. The van der Waals surface area contributed by atoms with E-state index in [4.69, 9.17) is 18.9 Å². The molecule has 0 aromatic heterocycles. The van der Waals surface area contributed by atoms with Crippen molar-refractivity contribution in [2.24, 2.45) is 0 Å². The first-order valence-electron chi connectivity index (χ1n) is 27.6.